The molecular weight excluding hydrogens is 366 g/mol. The topological polar surface area (TPSA) is 77.2 Å². The van der Waals surface area contributed by atoms with Crippen LogP contribution >= 0.6 is 0 Å². The van der Waals surface area contributed by atoms with E-state index in [9.17, 15) is 4.79 Å². The van der Waals surface area contributed by atoms with Crippen LogP contribution in [0.25, 0.3) is 11.4 Å². The molecule has 0 atom stereocenters. The van der Waals surface area contributed by atoms with E-state index in [0.29, 0.717) is 30.6 Å². The number of amides is 1. The van der Waals surface area contributed by atoms with Crippen LogP contribution in [0.4, 0.5) is 0 Å². The third kappa shape index (κ3) is 3.89. The Morgan fingerprint density at radius 1 is 1.10 bits per heavy atom. The molecule has 4 saturated carbocycles. The zero-order valence-electron chi connectivity index (χ0n) is 17.0. The van der Waals surface area contributed by atoms with Crippen LogP contribution in [0.15, 0.2) is 28.8 Å². The van der Waals surface area contributed by atoms with Gasteiger partial charge in [0.15, 0.2) is 0 Å². The van der Waals surface area contributed by atoms with Crippen molar-refractivity contribution >= 4 is 5.91 Å². The predicted octanol–water partition coefficient (Wildman–Crippen LogP) is 4.01. The quantitative estimate of drug-likeness (QED) is 0.766. The minimum atomic E-state index is 0.178. The molecule has 4 aliphatic carbocycles. The molecule has 0 unspecified atom stereocenters. The Balaban J connectivity index is 1.10. The van der Waals surface area contributed by atoms with Crippen molar-refractivity contribution in [3.05, 3.63) is 30.2 Å². The van der Waals surface area contributed by atoms with Gasteiger partial charge >= 0.3 is 0 Å². The third-order valence-corrected chi connectivity index (χ3v) is 7.17. The Bertz CT molecular complexity index is 833. The summed E-state index contributed by atoms with van der Waals surface area (Å²) in [5.41, 5.74) is 0.889. The monoisotopic (exact) mass is 395 g/mol. The number of nitrogens with zero attached hydrogens (tertiary/aromatic N) is 2. The number of hydrogen-bond donors (Lipinski definition) is 1. The summed E-state index contributed by atoms with van der Waals surface area (Å²) in [6, 6.07) is 7.98. The number of aromatic nitrogens is 2. The number of methoxy groups -OCH3 is 1. The molecule has 6 heteroatoms. The lowest BCUT2D eigenvalue weighted by Crippen LogP contribution is -2.55. The Hall–Kier alpha value is -2.37. The molecule has 0 spiro atoms. The van der Waals surface area contributed by atoms with Gasteiger partial charge in [-0.25, -0.2) is 0 Å². The zero-order valence-corrected chi connectivity index (χ0v) is 17.0. The van der Waals surface area contributed by atoms with E-state index >= 15 is 0 Å². The number of hydrogen-bond acceptors (Lipinski definition) is 5. The van der Waals surface area contributed by atoms with Crippen molar-refractivity contribution in [2.45, 2.75) is 57.4 Å². The number of nitrogens with one attached hydrogen (secondary N) is 1. The molecule has 4 aliphatic rings. The highest BCUT2D eigenvalue weighted by atomic mass is 16.5. The van der Waals surface area contributed by atoms with Crippen LogP contribution < -0.4 is 10.1 Å². The molecule has 0 aliphatic heterocycles. The fourth-order valence-electron chi connectivity index (χ4n) is 6.03. The van der Waals surface area contributed by atoms with E-state index in [4.69, 9.17) is 9.26 Å². The van der Waals surface area contributed by atoms with Crippen molar-refractivity contribution in [3.63, 3.8) is 0 Å². The molecule has 0 radical (unpaired) electrons. The highest BCUT2D eigenvalue weighted by Gasteiger charge is 2.48. The van der Waals surface area contributed by atoms with Crippen molar-refractivity contribution in [2.24, 2.45) is 23.7 Å². The van der Waals surface area contributed by atoms with Gasteiger partial charge in [-0.15, -0.1) is 0 Å². The zero-order chi connectivity index (χ0) is 19.8. The average Bonchev–Trinajstić information content (AvgIpc) is 3.19. The summed E-state index contributed by atoms with van der Waals surface area (Å²) in [6.07, 6.45) is 8.62. The summed E-state index contributed by atoms with van der Waals surface area (Å²) >= 11 is 0. The molecule has 2 aromatic rings. The summed E-state index contributed by atoms with van der Waals surface area (Å²) in [4.78, 5) is 17.0. The Morgan fingerprint density at radius 2 is 1.79 bits per heavy atom. The van der Waals surface area contributed by atoms with Crippen LogP contribution in [-0.4, -0.2) is 29.2 Å². The van der Waals surface area contributed by atoms with E-state index in [0.717, 1.165) is 41.4 Å². The SMILES string of the molecule is COc1ccc(-c2noc(CCCC(=O)NC3C4CC5CC(C4)CC3C5)n2)cc1. The summed E-state index contributed by atoms with van der Waals surface area (Å²) < 4.78 is 10.5. The van der Waals surface area contributed by atoms with Gasteiger partial charge in [0, 0.05) is 24.4 Å². The number of rotatable bonds is 7. The Morgan fingerprint density at radius 3 is 2.45 bits per heavy atom. The van der Waals surface area contributed by atoms with Gasteiger partial charge < -0.3 is 14.6 Å². The van der Waals surface area contributed by atoms with Gasteiger partial charge in [-0.1, -0.05) is 5.16 Å². The molecule has 4 fully saturated rings. The highest BCUT2D eigenvalue weighted by molar-refractivity contribution is 5.76. The van der Waals surface area contributed by atoms with Crippen molar-refractivity contribution in [1.82, 2.24) is 15.5 Å². The summed E-state index contributed by atoms with van der Waals surface area (Å²) in [5.74, 6) is 5.43. The minimum Gasteiger partial charge on any atom is -0.497 e. The Kier molecular flexibility index (Phi) is 5.02. The van der Waals surface area contributed by atoms with E-state index in [1.807, 2.05) is 24.3 Å². The van der Waals surface area contributed by atoms with Gasteiger partial charge in [-0.2, -0.15) is 4.98 Å². The molecule has 1 heterocycles. The first kappa shape index (κ1) is 18.6. The van der Waals surface area contributed by atoms with E-state index in [1.54, 1.807) is 7.11 Å². The van der Waals surface area contributed by atoms with Gasteiger partial charge in [0.05, 0.1) is 7.11 Å². The second-order valence-electron chi connectivity index (χ2n) is 9.12. The van der Waals surface area contributed by atoms with Gasteiger partial charge in [-0.05, 0) is 86.5 Å². The average molecular weight is 396 g/mol. The molecule has 29 heavy (non-hydrogen) atoms. The van der Waals surface area contributed by atoms with Crippen LogP contribution in [0.2, 0.25) is 0 Å². The van der Waals surface area contributed by atoms with Crippen molar-refractivity contribution < 1.29 is 14.1 Å². The van der Waals surface area contributed by atoms with Gasteiger partial charge in [0.25, 0.3) is 0 Å². The number of ether oxygens (including phenoxy) is 1. The van der Waals surface area contributed by atoms with Crippen LogP contribution in [0.5, 0.6) is 5.75 Å². The maximum absolute atomic E-state index is 12.5. The van der Waals surface area contributed by atoms with E-state index < -0.39 is 0 Å². The highest BCUT2D eigenvalue weighted by Crippen LogP contribution is 2.53. The van der Waals surface area contributed by atoms with Gasteiger partial charge in [0.2, 0.25) is 17.6 Å². The maximum atomic E-state index is 12.5. The minimum absolute atomic E-state index is 0.178. The lowest BCUT2D eigenvalue weighted by atomic mass is 9.54. The van der Waals surface area contributed by atoms with Crippen molar-refractivity contribution in [2.75, 3.05) is 7.11 Å². The number of carbonyl (C=O) groups is 1. The molecule has 4 bridgehead atoms. The smallest absolute Gasteiger partial charge is 0.226 e. The van der Waals surface area contributed by atoms with E-state index in [2.05, 4.69) is 15.5 Å². The maximum Gasteiger partial charge on any atom is 0.226 e. The molecule has 0 saturated heterocycles. The predicted molar refractivity (Wildman–Crippen MR) is 108 cm³/mol. The second-order valence-corrected chi connectivity index (χ2v) is 9.12. The largest absolute Gasteiger partial charge is 0.497 e. The molecule has 154 valence electrons. The lowest BCUT2D eigenvalue weighted by Gasteiger charge is -2.54. The molecule has 6 nitrogen and oxygen atoms in total. The second kappa shape index (κ2) is 7.81. The fraction of sp³-hybridized carbons (Fsp3) is 0.609. The van der Waals surface area contributed by atoms with Crippen molar-refractivity contribution in [1.29, 1.82) is 0 Å². The van der Waals surface area contributed by atoms with Crippen LogP contribution in [-0.2, 0) is 11.2 Å². The van der Waals surface area contributed by atoms with Crippen molar-refractivity contribution in [3.8, 4) is 17.1 Å². The molecular formula is C23H29N3O3. The Labute approximate surface area is 171 Å². The molecule has 1 N–H and O–H groups in total. The van der Waals surface area contributed by atoms with E-state index in [1.165, 1.54) is 32.1 Å². The van der Waals surface area contributed by atoms with E-state index in [-0.39, 0.29) is 5.91 Å². The standard InChI is InChI=1S/C23H29N3O3/c1-28-19-7-5-16(6-8-19)23-25-21(29-26-23)4-2-3-20(27)24-22-17-10-14-9-15(12-17)13-18(22)11-14/h5-8,14-15,17-18,22H,2-4,9-13H2,1H3,(H,24,27). The van der Waals surface area contributed by atoms with Crippen LogP contribution in [0.3, 0.4) is 0 Å². The number of benzene rings is 1. The normalized spacial score (nSPS) is 29.8. The third-order valence-electron chi connectivity index (χ3n) is 7.17. The van der Waals surface area contributed by atoms with Gasteiger partial charge in [-0.3, -0.25) is 4.79 Å². The fourth-order valence-corrected chi connectivity index (χ4v) is 6.03. The van der Waals surface area contributed by atoms with Crippen LogP contribution in [0.1, 0.15) is 50.8 Å². The van der Waals surface area contributed by atoms with Gasteiger partial charge in [0.1, 0.15) is 5.75 Å². The lowest BCUT2D eigenvalue weighted by molar-refractivity contribution is -0.125. The summed E-state index contributed by atoms with van der Waals surface area (Å²) in [5, 5.41) is 7.43. The first-order valence-electron chi connectivity index (χ1n) is 10.9. The molecule has 1 aromatic heterocycles. The molecule has 1 amide bonds. The summed E-state index contributed by atoms with van der Waals surface area (Å²) in [6.45, 7) is 0. The number of aryl methyl sites for hydroxylation is 1. The molecule has 6 rings (SSSR count). The number of carbonyl (C=O) groups excluding carboxylic acids is 1. The summed E-state index contributed by atoms with van der Waals surface area (Å²) in [7, 11) is 1.64. The first-order valence-corrected chi connectivity index (χ1v) is 10.9. The van der Waals surface area contributed by atoms with Crippen LogP contribution in [0, 0.1) is 23.7 Å². The molecule has 1 aromatic carbocycles. The first-order chi connectivity index (χ1) is 14.2.